The SMILES string of the molecule is Clc1nccn2c(CC3CNC3)nnc12. The summed E-state index contributed by atoms with van der Waals surface area (Å²) in [5, 5.41) is 11.8. The van der Waals surface area contributed by atoms with Gasteiger partial charge >= 0.3 is 0 Å². The zero-order chi connectivity index (χ0) is 10.3. The van der Waals surface area contributed by atoms with Crippen LogP contribution < -0.4 is 5.32 Å². The number of fused-ring (bicyclic) bond motifs is 1. The lowest BCUT2D eigenvalue weighted by Gasteiger charge is -2.26. The highest BCUT2D eigenvalue weighted by molar-refractivity contribution is 6.32. The Balaban J connectivity index is 2.00. The van der Waals surface area contributed by atoms with Crippen molar-refractivity contribution in [2.24, 2.45) is 5.92 Å². The molecule has 0 unspecified atom stereocenters. The van der Waals surface area contributed by atoms with Gasteiger partial charge in [-0.1, -0.05) is 11.6 Å². The van der Waals surface area contributed by atoms with E-state index in [0.717, 1.165) is 25.3 Å². The van der Waals surface area contributed by atoms with Crippen LogP contribution in [0.1, 0.15) is 5.82 Å². The van der Waals surface area contributed by atoms with E-state index in [9.17, 15) is 0 Å². The Kier molecular flexibility index (Phi) is 2.07. The zero-order valence-electron chi connectivity index (χ0n) is 8.02. The first-order valence-electron chi connectivity index (χ1n) is 4.89. The van der Waals surface area contributed by atoms with Gasteiger partial charge in [-0.25, -0.2) is 4.98 Å². The Morgan fingerprint density at radius 2 is 2.33 bits per heavy atom. The molecule has 0 bridgehead atoms. The fraction of sp³-hybridized carbons (Fsp3) is 0.444. The monoisotopic (exact) mass is 223 g/mol. The highest BCUT2D eigenvalue weighted by atomic mass is 35.5. The van der Waals surface area contributed by atoms with E-state index < -0.39 is 0 Å². The van der Waals surface area contributed by atoms with Gasteiger partial charge in [0.05, 0.1) is 0 Å². The molecule has 78 valence electrons. The summed E-state index contributed by atoms with van der Waals surface area (Å²) in [7, 11) is 0. The predicted octanol–water partition coefficient (Wildman–Crippen LogP) is 0.540. The van der Waals surface area contributed by atoms with Gasteiger partial charge in [0.1, 0.15) is 5.82 Å². The Morgan fingerprint density at radius 3 is 3.07 bits per heavy atom. The lowest BCUT2D eigenvalue weighted by molar-refractivity contribution is 0.340. The normalized spacial score (nSPS) is 16.9. The fourth-order valence-electron chi connectivity index (χ4n) is 1.73. The van der Waals surface area contributed by atoms with E-state index in [1.54, 1.807) is 6.20 Å². The highest BCUT2D eigenvalue weighted by Gasteiger charge is 2.20. The predicted molar refractivity (Wildman–Crippen MR) is 55.9 cm³/mol. The molecule has 3 heterocycles. The summed E-state index contributed by atoms with van der Waals surface area (Å²) in [4.78, 5) is 3.96. The molecular formula is C9H10ClN5. The van der Waals surface area contributed by atoms with Crippen molar-refractivity contribution >= 4 is 17.2 Å². The van der Waals surface area contributed by atoms with Gasteiger partial charge < -0.3 is 5.32 Å². The van der Waals surface area contributed by atoms with E-state index in [1.165, 1.54) is 0 Å². The maximum atomic E-state index is 5.91. The van der Waals surface area contributed by atoms with E-state index >= 15 is 0 Å². The van der Waals surface area contributed by atoms with E-state index in [0.29, 0.717) is 16.7 Å². The maximum absolute atomic E-state index is 5.91. The van der Waals surface area contributed by atoms with Gasteiger partial charge in [-0.15, -0.1) is 10.2 Å². The largest absolute Gasteiger partial charge is 0.316 e. The van der Waals surface area contributed by atoms with Gasteiger partial charge in [-0.3, -0.25) is 4.40 Å². The second-order valence-corrected chi connectivity index (χ2v) is 4.11. The van der Waals surface area contributed by atoms with Crippen molar-refractivity contribution in [3.63, 3.8) is 0 Å². The topological polar surface area (TPSA) is 55.1 Å². The van der Waals surface area contributed by atoms with Crippen LogP contribution in [0.2, 0.25) is 5.15 Å². The number of nitrogens with one attached hydrogen (secondary N) is 1. The van der Waals surface area contributed by atoms with Crippen LogP contribution in [-0.4, -0.2) is 32.7 Å². The van der Waals surface area contributed by atoms with Crippen LogP contribution in [0.3, 0.4) is 0 Å². The first-order valence-corrected chi connectivity index (χ1v) is 5.27. The molecule has 3 rings (SSSR count). The minimum Gasteiger partial charge on any atom is -0.316 e. The molecule has 0 atom stereocenters. The van der Waals surface area contributed by atoms with Crippen LogP contribution in [0.4, 0.5) is 0 Å². The molecule has 6 heteroatoms. The van der Waals surface area contributed by atoms with Crippen molar-refractivity contribution in [2.75, 3.05) is 13.1 Å². The molecule has 2 aromatic rings. The summed E-state index contributed by atoms with van der Waals surface area (Å²) < 4.78 is 1.91. The molecule has 0 aliphatic carbocycles. The van der Waals surface area contributed by atoms with Crippen molar-refractivity contribution in [2.45, 2.75) is 6.42 Å². The fourth-order valence-corrected chi connectivity index (χ4v) is 1.92. The van der Waals surface area contributed by atoms with Gasteiger partial charge in [-0.2, -0.15) is 0 Å². The minimum atomic E-state index is 0.406. The van der Waals surface area contributed by atoms with Crippen molar-refractivity contribution in [1.29, 1.82) is 0 Å². The molecule has 0 radical (unpaired) electrons. The quantitative estimate of drug-likeness (QED) is 0.808. The number of hydrogen-bond acceptors (Lipinski definition) is 4. The van der Waals surface area contributed by atoms with Gasteiger partial charge in [-0.05, 0) is 19.0 Å². The van der Waals surface area contributed by atoms with E-state index in [1.807, 2.05) is 10.6 Å². The van der Waals surface area contributed by atoms with E-state index in [4.69, 9.17) is 11.6 Å². The summed E-state index contributed by atoms with van der Waals surface area (Å²) in [6, 6.07) is 0. The number of rotatable bonds is 2. The minimum absolute atomic E-state index is 0.406. The second-order valence-electron chi connectivity index (χ2n) is 3.76. The summed E-state index contributed by atoms with van der Waals surface area (Å²) >= 11 is 5.91. The Labute approximate surface area is 91.5 Å². The molecule has 2 aromatic heterocycles. The van der Waals surface area contributed by atoms with E-state index in [-0.39, 0.29) is 0 Å². The molecule has 1 aliphatic rings. The second kappa shape index (κ2) is 3.43. The Bertz CT molecular complexity index is 490. The van der Waals surface area contributed by atoms with Crippen molar-refractivity contribution in [3.8, 4) is 0 Å². The molecule has 1 saturated heterocycles. The molecule has 1 fully saturated rings. The van der Waals surface area contributed by atoms with Crippen molar-refractivity contribution in [1.82, 2.24) is 24.9 Å². The standard InChI is InChI=1S/C9H10ClN5/c10-8-9-14-13-7(3-6-4-11-5-6)15(9)2-1-12-8/h1-2,6,11H,3-5H2. The van der Waals surface area contributed by atoms with Crippen molar-refractivity contribution in [3.05, 3.63) is 23.4 Å². The molecule has 1 N–H and O–H groups in total. The molecule has 0 spiro atoms. The third-order valence-corrected chi connectivity index (χ3v) is 2.96. The van der Waals surface area contributed by atoms with Gasteiger partial charge in [0, 0.05) is 18.8 Å². The maximum Gasteiger partial charge on any atom is 0.198 e. The molecule has 0 amide bonds. The first-order chi connectivity index (χ1) is 7.34. The first kappa shape index (κ1) is 9.06. The van der Waals surface area contributed by atoms with Gasteiger partial charge in [0.25, 0.3) is 0 Å². The van der Waals surface area contributed by atoms with Crippen LogP contribution in [0.15, 0.2) is 12.4 Å². The zero-order valence-corrected chi connectivity index (χ0v) is 8.78. The number of hydrogen-bond donors (Lipinski definition) is 1. The Morgan fingerprint density at radius 1 is 1.47 bits per heavy atom. The average molecular weight is 224 g/mol. The summed E-state index contributed by atoms with van der Waals surface area (Å²) in [5.41, 5.74) is 0.640. The third-order valence-electron chi connectivity index (χ3n) is 2.69. The lowest BCUT2D eigenvalue weighted by Crippen LogP contribution is -2.43. The van der Waals surface area contributed by atoms with Crippen LogP contribution in [-0.2, 0) is 6.42 Å². The van der Waals surface area contributed by atoms with Gasteiger partial charge in [0.15, 0.2) is 10.8 Å². The van der Waals surface area contributed by atoms with Crippen molar-refractivity contribution < 1.29 is 0 Å². The summed E-state index contributed by atoms with van der Waals surface area (Å²) in [6.07, 6.45) is 4.46. The molecule has 5 nitrogen and oxygen atoms in total. The molecular weight excluding hydrogens is 214 g/mol. The number of aromatic nitrogens is 4. The molecule has 0 saturated carbocycles. The van der Waals surface area contributed by atoms with Crippen LogP contribution in [0.25, 0.3) is 5.65 Å². The Hall–Kier alpha value is -1.20. The smallest absolute Gasteiger partial charge is 0.198 e. The van der Waals surface area contributed by atoms with E-state index in [2.05, 4.69) is 20.5 Å². The van der Waals surface area contributed by atoms with Crippen LogP contribution >= 0.6 is 11.6 Å². The number of halogens is 1. The van der Waals surface area contributed by atoms with Crippen LogP contribution in [0.5, 0.6) is 0 Å². The highest BCUT2D eigenvalue weighted by Crippen LogP contribution is 2.15. The molecule has 0 aromatic carbocycles. The van der Waals surface area contributed by atoms with Crippen LogP contribution in [0, 0.1) is 5.92 Å². The summed E-state index contributed by atoms with van der Waals surface area (Å²) in [6.45, 7) is 2.13. The average Bonchev–Trinajstić information content (AvgIpc) is 2.56. The van der Waals surface area contributed by atoms with Gasteiger partial charge in [0.2, 0.25) is 0 Å². The third kappa shape index (κ3) is 1.48. The molecule has 15 heavy (non-hydrogen) atoms. The lowest BCUT2D eigenvalue weighted by atomic mass is 9.99. The summed E-state index contributed by atoms with van der Waals surface area (Å²) in [5.74, 6) is 1.63. The number of nitrogens with zero attached hydrogens (tertiary/aromatic N) is 4. The molecule has 1 aliphatic heterocycles.